The predicted octanol–water partition coefficient (Wildman–Crippen LogP) is 2.48. The van der Waals surface area contributed by atoms with Gasteiger partial charge in [0.25, 0.3) is 0 Å². The Morgan fingerprint density at radius 1 is 1.20 bits per heavy atom. The molecule has 0 atom stereocenters. The Morgan fingerprint density at radius 3 is 2.48 bits per heavy atom. The summed E-state index contributed by atoms with van der Waals surface area (Å²) in [6.07, 6.45) is 3.31. The fraction of sp³-hybridized carbons (Fsp3) is 0.562. The summed E-state index contributed by atoms with van der Waals surface area (Å²) < 4.78 is 26.9. The van der Waals surface area contributed by atoms with E-state index in [0.717, 1.165) is 38.8 Å². The van der Waals surface area contributed by atoms with Crippen molar-refractivity contribution in [3.8, 4) is 0 Å². The van der Waals surface area contributed by atoms with Gasteiger partial charge in [0.2, 0.25) is 15.9 Å². The van der Waals surface area contributed by atoms with Crippen LogP contribution in [0.15, 0.2) is 23.1 Å². The molecule has 0 radical (unpaired) electrons. The van der Waals surface area contributed by atoms with Gasteiger partial charge in [0.1, 0.15) is 4.90 Å². The molecule has 0 aliphatic carbocycles. The van der Waals surface area contributed by atoms with Gasteiger partial charge in [-0.3, -0.25) is 4.79 Å². The van der Waals surface area contributed by atoms with Crippen LogP contribution in [0.1, 0.15) is 25.7 Å². The summed E-state index contributed by atoms with van der Waals surface area (Å²) in [5, 5.41) is 6.23. The molecule has 0 unspecified atom stereocenters. The highest BCUT2D eigenvalue weighted by Crippen LogP contribution is 2.30. The van der Waals surface area contributed by atoms with Crippen LogP contribution in [0.4, 0.5) is 5.69 Å². The zero-order valence-corrected chi connectivity index (χ0v) is 16.2. The van der Waals surface area contributed by atoms with Gasteiger partial charge in [-0.2, -0.15) is 4.31 Å². The molecule has 0 spiro atoms. The van der Waals surface area contributed by atoms with E-state index in [1.165, 1.54) is 16.4 Å². The van der Waals surface area contributed by atoms with Crippen LogP contribution >= 0.6 is 24.0 Å². The van der Waals surface area contributed by atoms with Crippen molar-refractivity contribution in [1.82, 2.24) is 9.62 Å². The fourth-order valence-corrected chi connectivity index (χ4v) is 5.19. The second kappa shape index (κ2) is 8.68. The van der Waals surface area contributed by atoms with Crippen LogP contribution in [0.25, 0.3) is 0 Å². The zero-order chi connectivity index (χ0) is 17.2. The average Bonchev–Trinajstić information content (AvgIpc) is 3.12. The van der Waals surface area contributed by atoms with Crippen LogP contribution < -0.4 is 10.6 Å². The van der Waals surface area contributed by atoms with Crippen molar-refractivity contribution in [2.75, 3.05) is 31.5 Å². The SMILES string of the molecule is Cl.O=C(Nc1ccc(Cl)c(S(=O)(=O)N2CCCC2)c1)C1CCNCC1. The number of amides is 1. The summed E-state index contributed by atoms with van der Waals surface area (Å²) in [5.74, 6) is -0.107. The quantitative estimate of drug-likeness (QED) is 0.803. The Labute approximate surface area is 159 Å². The topological polar surface area (TPSA) is 78.5 Å². The van der Waals surface area contributed by atoms with Crippen LogP contribution in [0.2, 0.25) is 5.02 Å². The molecule has 2 heterocycles. The predicted molar refractivity (Wildman–Crippen MR) is 101 cm³/mol. The van der Waals surface area contributed by atoms with Gasteiger partial charge in [0, 0.05) is 24.7 Å². The lowest BCUT2D eigenvalue weighted by molar-refractivity contribution is -0.120. The van der Waals surface area contributed by atoms with Gasteiger partial charge in [-0.1, -0.05) is 11.6 Å². The third-order valence-electron chi connectivity index (χ3n) is 4.59. The molecule has 2 saturated heterocycles. The van der Waals surface area contributed by atoms with E-state index in [1.807, 2.05) is 0 Å². The van der Waals surface area contributed by atoms with Crippen molar-refractivity contribution in [2.45, 2.75) is 30.6 Å². The summed E-state index contributed by atoms with van der Waals surface area (Å²) in [5.41, 5.74) is 0.473. The lowest BCUT2D eigenvalue weighted by atomic mass is 9.97. The Morgan fingerprint density at radius 2 is 1.84 bits per heavy atom. The lowest BCUT2D eigenvalue weighted by Crippen LogP contribution is -2.34. The molecule has 1 aromatic carbocycles. The minimum absolute atomic E-state index is 0. The van der Waals surface area contributed by atoms with Crippen LogP contribution in [0, 0.1) is 5.92 Å². The maximum Gasteiger partial charge on any atom is 0.244 e. The first-order chi connectivity index (χ1) is 11.5. The van der Waals surface area contributed by atoms with Gasteiger partial charge in [-0.25, -0.2) is 8.42 Å². The average molecular weight is 408 g/mol. The van der Waals surface area contributed by atoms with Crippen LogP contribution in [0.3, 0.4) is 0 Å². The maximum absolute atomic E-state index is 12.7. The first-order valence-corrected chi connectivity index (χ1v) is 10.1. The van der Waals surface area contributed by atoms with Gasteiger partial charge in [0.15, 0.2) is 0 Å². The monoisotopic (exact) mass is 407 g/mol. The van der Waals surface area contributed by atoms with E-state index in [9.17, 15) is 13.2 Å². The second-order valence-electron chi connectivity index (χ2n) is 6.27. The number of rotatable bonds is 4. The van der Waals surface area contributed by atoms with E-state index in [2.05, 4.69) is 10.6 Å². The Bertz CT molecular complexity index is 715. The highest BCUT2D eigenvalue weighted by molar-refractivity contribution is 7.89. The van der Waals surface area contributed by atoms with Crippen molar-refractivity contribution >= 4 is 45.6 Å². The lowest BCUT2D eigenvalue weighted by Gasteiger charge is -2.22. The van der Waals surface area contributed by atoms with Crippen molar-refractivity contribution in [3.05, 3.63) is 23.2 Å². The zero-order valence-electron chi connectivity index (χ0n) is 13.8. The van der Waals surface area contributed by atoms with Gasteiger partial charge < -0.3 is 10.6 Å². The summed E-state index contributed by atoms with van der Waals surface area (Å²) in [7, 11) is -3.61. The number of hydrogen-bond donors (Lipinski definition) is 2. The first-order valence-electron chi connectivity index (χ1n) is 8.30. The standard InChI is InChI=1S/C16H22ClN3O3S.ClH/c17-14-4-3-13(19-16(21)12-5-7-18-8-6-12)11-15(14)24(22,23)20-9-1-2-10-20;/h3-4,11-12,18H,1-2,5-10H2,(H,19,21);1H. The summed E-state index contributed by atoms with van der Waals surface area (Å²) in [4.78, 5) is 12.4. The molecule has 25 heavy (non-hydrogen) atoms. The van der Waals surface area contributed by atoms with E-state index in [1.54, 1.807) is 6.07 Å². The van der Waals surface area contributed by atoms with E-state index >= 15 is 0 Å². The van der Waals surface area contributed by atoms with E-state index in [4.69, 9.17) is 11.6 Å². The largest absolute Gasteiger partial charge is 0.326 e. The normalized spacial score (nSPS) is 19.4. The first kappa shape index (κ1) is 20.5. The molecule has 0 bridgehead atoms. The van der Waals surface area contributed by atoms with Gasteiger partial charge in [0.05, 0.1) is 5.02 Å². The Hall–Kier alpha value is -0.860. The number of nitrogens with zero attached hydrogens (tertiary/aromatic N) is 1. The molecule has 6 nitrogen and oxygen atoms in total. The molecule has 1 aromatic rings. The van der Waals surface area contributed by atoms with Gasteiger partial charge in [-0.15, -0.1) is 12.4 Å². The van der Waals surface area contributed by atoms with Crippen LogP contribution in [-0.2, 0) is 14.8 Å². The number of carbonyl (C=O) groups excluding carboxylic acids is 1. The highest BCUT2D eigenvalue weighted by Gasteiger charge is 2.29. The molecule has 2 fully saturated rings. The molecule has 9 heteroatoms. The van der Waals surface area contributed by atoms with Crippen molar-refractivity contribution in [2.24, 2.45) is 5.92 Å². The molecular weight excluding hydrogens is 385 g/mol. The molecule has 1 amide bonds. The molecule has 140 valence electrons. The molecule has 2 N–H and O–H groups in total. The Kier molecular flexibility index (Phi) is 7.10. The number of halogens is 2. The molecule has 3 rings (SSSR count). The number of hydrogen-bond acceptors (Lipinski definition) is 4. The number of carbonyl (C=O) groups is 1. The summed E-state index contributed by atoms with van der Waals surface area (Å²) >= 11 is 6.12. The number of benzene rings is 1. The van der Waals surface area contributed by atoms with Crippen LogP contribution in [-0.4, -0.2) is 44.8 Å². The number of nitrogens with one attached hydrogen (secondary N) is 2. The second-order valence-corrected chi connectivity index (χ2v) is 8.58. The van der Waals surface area contributed by atoms with E-state index < -0.39 is 10.0 Å². The molecule has 2 aliphatic rings. The highest BCUT2D eigenvalue weighted by atomic mass is 35.5. The Balaban J connectivity index is 0.00000225. The summed E-state index contributed by atoms with van der Waals surface area (Å²) in [6.45, 7) is 2.69. The smallest absolute Gasteiger partial charge is 0.244 e. The molecule has 0 saturated carbocycles. The van der Waals surface area contributed by atoms with Gasteiger partial charge >= 0.3 is 0 Å². The number of sulfonamides is 1. The number of piperidine rings is 1. The third-order valence-corrected chi connectivity index (χ3v) is 6.97. The van der Waals surface area contributed by atoms with Gasteiger partial charge in [-0.05, 0) is 57.0 Å². The van der Waals surface area contributed by atoms with Crippen LogP contribution in [0.5, 0.6) is 0 Å². The molecule has 0 aromatic heterocycles. The third kappa shape index (κ3) is 4.65. The molecular formula is C16H23Cl2N3O3S. The van der Waals surface area contributed by atoms with E-state index in [0.29, 0.717) is 18.8 Å². The van der Waals surface area contributed by atoms with Crippen molar-refractivity contribution in [3.63, 3.8) is 0 Å². The minimum atomic E-state index is -3.61. The van der Waals surface area contributed by atoms with Crippen molar-refractivity contribution in [1.29, 1.82) is 0 Å². The van der Waals surface area contributed by atoms with Crippen molar-refractivity contribution < 1.29 is 13.2 Å². The fourth-order valence-electron chi connectivity index (χ4n) is 3.17. The minimum Gasteiger partial charge on any atom is -0.326 e. The van der Waals surface area contributed by atoms with E-state index in [-0.39, 0.29) is 34.2 Å². The molecule has 2 aliphatic heterocycles. The summed E-state index contributed by atoms with van der Waals surface area (Å²) in [6, 6.07) is 4.64. The number of anilines is 1. The maximum atomic E-state index is 12.7.